The average molecular weight is 333 g/mol. The molecule has 18 heavy (non-hydrogen) atoms. The van der Waals surface area contributed by atoms with Crippen molar-refractivity contribution >= 4 is 27.7 Å². The smallest absolute Gasteiger partial charge is 0.229 e. The van der Waals surface area contributed by atoms with E-state index in [0.29, 0.717) is 16.5 Å². The van der Waals surface area contributed by atoms with Gasteiger partial charge in [0.25, 0.3) is 0 Å². The van der Waals surface area contributed by atoms with Crippen molar-refractivity contribution in [2.24, 2.45) is 0 Å². The molecule has 1 heterocycles. The summed E-state index contributed by atoms with van der Waals surface area (Å²) >= 11 is 5.55. The Morgan fingerprint density at radius 2 is 2.22 bits per heavy atom. The average Bonchev–Trinajstić information content (AvgIpc) is 2.35. The molecule has 2 fully saturated rings. The van der Waals surface area contributed by atoms with Crippen LogP contribution in [-0.2, 0) is 0 Å². The molecule has 0 aromatic rings. The first-order chi connectivity index (χ1) is 8.65. The summed E-state index contributed by atoms with van der Waals surface area (Å²) in [5, 5.41) is 15.7. The van der Waals surface area contributed by atoms with Gasteiger partial charge >= 0.3 is 0 Å². The van der Waals surface area contributed by atoms with Crippen molar-refractivity contribution in [1.82, 2.24) is 5.32 Å². The number of hydrogen-bond acceptors (Lipinski definition) is 4. The minimum Gasteiger partial charge on any atom is -0.300 e. The van der Waals surface area contributed by atoms with Crippen molar-refractivity contribution in [2.45, 2.75) is 60.7 Å². The predicted octanol–water partition coefficient (Wildman–Crippen LogP) is 2.70. The van der Waals surface area contributed by atoms with Gasteiger partial charge in [-0.25, -0.2) is 0 Å². The molecular weight excluding hydrogens is 316 g/mol. The molecule has 0 bridgehead atoms. The van der Waals surface area contributed by atoms with E-state index < -0.39 is 6.04 Å². The summed E-state index contributed by atoms with van der Waals surface area (Å²) in [5.74, 6) is 0. The Morgan fingerprint density at radius 1 is 1.39 bits per heavy atom. The van der Waals surface area contributed by atoms with Gasteiger partial charge in [-0.2, -0.15) is 11.8 Å². The SMILES string of the molecule is O=[N+]([O-])C1CCC[C@H]2SC3CCC(Br)=CC3NC12. The lowest BCUT2D eigenvalue weighted by Crippen LogP contribution is -2.61. The van der Waals surface area contributed by atoms with E-state index in [4.69, 9.17) is 0 Å². The number of rotatable bonds is 1. The molecule has 5 atom stereocenters. The van der Waals surface area contributed by atoms with Crippen molar-refractivity contribution in [3.8, 4) is 0 Å². The van der Waals surface area contributed by atoms with Gasteiger partial charge in [0.15, 0.2) is 0 Å². The molecule has 4 nitrogen and oxygen atoms in total. The molecule has 3 aliphatic rings. The minimum absolute atomic E-state index is 0.0506. The van der Waals surface area contributed by atoms with Crippen LogP contribution in [0.3, 0.4) is 0 Å². The Kier molecular flexibility index (Phi) is 3.69. The molecule has 100 valence electrons. The predicted molar refractivity (Wildman–Crippen MR) is 76.8 cm³/mol. The van der Waals surface area contributed by atoms with Gasteiger partial charge < -0.3 is 0 Å². The molecular formula is C12H17BrN2O2S. The van der Waals surface area contributed by atoms with Crippen LogP contribution in [0, 0.1) is 10.1 Å². The van der Waals surface area contributed by atoms with Gasteiger partial charge in [-0.05, 0) is 30.2 Å². The summed E-state index contributed by atoms with van der Waals surface area (Å²) in [6.07, 6.45) is 7.34. The number of fused-ring (bicyclic) bond motifs is 2. The summed E-state index contributed by atoms with van der Waals surface area (Å²) in [6, 6.07) is -0.0409. The second-order valence-electron chi connectivity index (χ2n) is 5.37. The van der Waals surface area contributed by atoms with Crippen molar-refractivity contribution < 1.29 is 4.92 Å². The number of nitro groups is 1. The zero-order valence-corrected chi connectivity index (χ0v) is 12.5. The first-order valence-corrected chi connectivity index (χ1v) is 8.30. The van der Waals surface area contributed by atoms with Crippen LogP contribution in [0.5, 0.6) is 0 Å². The van der Waals surface area contributed by atoms with Crippen LogP contribution in [-0.4, -0.2) is 33.5 Å². The number of halogens is 1. The molecule has 3 rings (SSSR count). The summed E-state index contributed by atoms with van der Waals surface area (Å²) < 4.78 is 1.24. The normalized spacial score (nSPS) is 43.6. The number of thioether (sulfide) groups is 1. The monoisotopic (exact) mass is 332 g/mol. The van der Waals surface area contributed by atoms with Crippen molar-refractivity contribution in [2.75, 3.05) is 0 Å². The van der Waals surface area contributed by atoms with Crippen molar-refractivity contribution in [1.29, 1.82) is 0 Å². The summed E-state index contributed by atoms with van der Waals surface area (Å²) in [7, 11) is 0. The summed E-state index contributed by atoms with van der Waals surface area (Å²) in [6.45, 7) is 0. The van der Waals surface area contributed by atoms with Crippen LogP contribution in [0.15, 0.2) is 10.6 Å². The zero-order valence-electron chi connectivity index (χ0n) is 10.0. The van der Waals surface area contributed by atoms with E-state index in [9.17, 15) is 10.1 Å². The molecule has 1 aliphatic heterocycles. The standard InChI is InChI=1S/C12H17BrN2O2S/c13-7-4-5-10-8(6-7)14-12-9(15(16)17)2-1-3-11(12)18-10/h6,8-12,14H,1-5H2/t8?,9?,10?,11-,12?/m1/s1. The van der Waals surface area contributed by atoms with Crippen LogP contribution in [0.2, 0.25) is 0 Å². The lowest BCUT2D eigenvalue weighted by Gasteiger charge is -2.45. The van der Waals surface area contributed by atoms with Crippen LogP contribution in [0.4, 0.5) is 0 Å². The third kappa shape index (κ3) is 2.34. The van der Waals surface area contributed by atoms with Crippen LogP contribution >= 0.6 is 27.7 Å². The maximum absolute atomic E-state index is 11.2. The highest BCUT2D eigenvalue weighted by Gasteiger charge is 2.47. The van der Waals surface area contributed by atoms with E-state index in [-0.39, 0.29) is 11.0 Å². The summed E-state index contributed by atoms with van der Waals surface area (Å²) in [4.78, 5) is 11.1. The molecule has 0 spiro atoms. The third-order valence-corrected chi connectivity index (χ3v) is 6.66. The Hall–Kier alpha value is -0.0700. The van der Waals surface area contributed by atoms with Gasteiger partial charge in [0.05, 0.1) is 6.04 Å². The lowest BCUT2D eigenvalue weighted by molar-refractivity contribution is -0.530. The van der Waals surface area contributed by atoms with Gasteiger partial charge in [-0.1, -0.05) is 22.0 Å². The topological polar surface area (TPSA) is 55.2 Å². The molecule has 0 aromatic heterocycles. The van der Waals surface area contributed by atoms with Gasteiger partial charge in [0, 0.05) is 27.9 Å². The second-order valence-corrected chi connectivity index (χ2v) is 7.87. The highest BCUT2D eigenvalue weighted by atomic mass is 79.9. The quantitative estimate of drug-likeness (QED) is 0.592. The Labute approximate surface area is 119 Å². The zero-order chi connectivity index (χ0) is 12.7. The molecule has 1 N–H and O–H groups in total. The maximum Gasteiger partial charge on any atom is 0.229 e. The van der Waals surface area contributed by atoms with E-state index in [2.05, 4.69) is 27.3 Å². The maximum atomic E-state index is 11.2. The second kappa shape index (κ2) is 5.13. The molecule has 1 saturated heterocycles. The van der Waals surface area contributed by atoms with Crippen LogP contribution < -0.4 is 5.32 Å². The van der Waals surface area contributed by atoms with Gasteiger partial charge in [-0.15, -0.1) is 0 Å². The van der Waals surface area contributed by atoms with E-state index in [0.717, 1.165) is 25.7 Å². The first-order valence-electron chi connectivity index (χ1n) is 6.56. The fraction of sp³-hybridized carbons (Fsp3) is 0.833. The summed E-state index contributed by atoms with van der Waals surface area (Å²) in [5.41, 5.74) is 0. The first kappa shape index (κ1) is 12.9. The molecule has 2 aliphatic carbocycles. The highest BCUT2D eigenvalue weighted by Crippen LogP contribution is 2.42. The van der Waals surface area contributed by atoms with Crippen molar-refractivity contribution in [3.05, 3.63) is 20.7 Å². The number of allylic oxidation sites excluding steroid dienone is 1. The van der Waals surface area contributed by atoms with E-state index in [1.807, 2.05) is 11.8 Å². The molecule has 0 aromatic carbocycles. The lowest BCUT2D eigenvalue weighted by atomic mass is 9.88. The highest BCUT2D eigenvalue weighted by molar-refractivity contribution is 9.11. The minimum atomic E-state index is -0.397. The number of hydrogen-bond donors (Lipinski definition) is 1. The Morgan fingerprint density at radius 3 is 3.00 bits per heavy atom. The molecule has 0 radical (unpaired) electrons. The van der Waals surface area contributed by atoms with E-state index >= 15 is 0 Å². The Balaban J connectivity index is 1.80. The van der Waals surface area contributed by atoms with Gasteiger partial charge in [-0.3, -0.25) is 15.4 Å². The van der Waals surface area contributed by atoms with Gasteiger partial charge in [0.1, 0.15) is 0 Å². The largest absolute Gasteiger partial charge is 0.300 e. The number of nitrogens with one attached hydrogen (secondary N) is 1. The Bertz CT molecular complexity index is 390. The third-order valence-electron chi connectivity index (χ3n) is 4.24. The van der Waals surface area contributed by atoms with E-state index in [1.54, 1.807) is 0 Å². The molecule has 6 heteroatoms. The van der Waals surface area contributed by atoms with E-state index in [1.165, 1.54) is 10.9 Å². The van der Waals surface area contributed by atoms with Crippen LogP contribution in [0.1, 0.15) is 32.1 Å². The van der Waals surface area contributed by atoms with Crippen LogP contribution in [0.25, 0.3) is 0 Å². The fourth-order valence-corrected chi connectivity index (χ4v) is 5.62. The van der Waals surface area contributed by atoms with Gasteiger partial charge in [0.2, 0.25) is 6.04 Å². The van der Waals surface area contributed by atoms with Crippen molar-refractivity contribution in [3.63, 3.8) is 0 Å². The molecule has 1 saturated carbocycles. The molecule has 4 unspecified atom stereocenters. The fourth-order valence-electron chi connectivity index (χ4n) is 3.34. The number of nitrogens with zero attached hydrogens (tertiary/aromatic N) is 1. The molecule has 0 amide bonds.